The number of carbonyl (C=O) groups is 2. The lowest BCUT2D eigenvalue weighted by molar-refractivity contribution is -0.115. The van der Waals surface area contributed by atoms with Crippen LogP contribution in [-0.2, 0) is 32.6 Å². The van der Waals surface area contributed by atoms with Gasteiger partial charge in [-0.1, -0.05) is 17.3 Å². The third-order valence-electron chi connectivity index (χ3n) is 4.47. The molecular formula is C21H21FN4O7S. The Hall–Kier alpha value is -3.84. The number of halogens is 1. The smallest absolute Gasteiger partial charge is 0.341 e. The molecule has 0 fully saturated rings. The van der Waals surface area contributed by atoms with Crippen molar-refractivity contribution >= 4 is 27.6 Å². The number of ether oxygens (including phenoxy) is 2. The maximum absolute atomic E-state index is 14.1. The molecule has 11 nitrogen and oxygen atoms in total. The summed E-state index contributed by atoms with van der Waals surface area (Å²) < 4.78 is 54.5. The van der Waals surface area contributed by atoms with Crippen molar-refractivity contribution in [3.63, 3.8) is 0 Å². The van der Waals surface area contributed by atoms with E-state index in [0.717, 1.165) is 22.5 Å². The van der Waals surface area contributed by atoms with Gasteiger partial charge in [-0.15, -0.1) is 0 Å². The largest absolute Gasteiger partial charge is 0.495 e. The molecule has 0 aliphatic rings. The van der Waals surface area contributed by atoms with Gasteiger partial charge in [0.2, 0.25) is 15.9 Å². The van der Waals surface area contributed by atoms with E-state index in [9.17, 15) is 22.4 Å². The number of rotatable bonds is 9. The SMILES string of the molecule is COc1ccccc1NC(=O)Cc1noc(COC(=O)c2cc(S(=O)(=O)N(C)C)ccc2F)n1. The molecule has 0 aliphatic heterocycles. The predicted molar refractivity (Wildman–Crippen MR) is 116 cm³/mol. The van der Waals surface area contributed by atoms with Crippen molar-refractivity contribution in [3.05, 3.63) is 65.6 Å². The molecule has 0 atom stereocenters. The fourth-order valence-corrected chi connectivity index (χ4v) is 3.67. The van der Waals surface area contributed by atoms with Gasteiger partial charge < -0.3 is 19.3 Å². The van der Waals surface area contributed by atoms with Crippen molar-refractivity contribution in [2.45, 2.75) is 17.9 Å². The minimum Gasteiger partial charge on any atom is -0.495 e. The van der Waals surface area contributed by atoms with E-state index in [4.69, 9.17) is 14.0 Å². The van der Waals surface area contributed by atoms with Gasteiger partial charge in [-0.2, -0.15) is 4.98 Å². The number of carbonyl (C=O) groups excluding carboxylic acids is 2. The van der Waals surface area contributed by atoms with E-state index in [1.165, 1.54) is 21.2 Å². The number of hydrogen-bond donors (Lipinski definition) is 1. The number of amides is 1. The Labute approximate surface area is 194 Å². The average molecular weight is 492 g/mol. The molecule has 0 saturated heterocycles. The van der Waals surface area contributed by atoms with Crippen molar-refractivity contribution < 1.29 is 36.4 Å². The minimum absolute atomic E-state index is 0.0312. The summed E-state index contributed by atoms with van der Waals surface area (Å²) in [6, 6.07) is 9.62. The zero-order valence-electron chi connectivity index (χ0n) is 18.4. The van der Waals surface area contributed by atoms with Crippen LogP contribution in [0.5, 0.6) is 5.75 Å². The summed E-state index contributed by atoms with van der Waals surface area (Å²) in [5.74, 6) is -2.14. The predicted octanol–water partition coefficient (Wildman–Crippen LogP) is 2.01. The molecule has 0 spiro atoms. The number of para-hydroxylation sites is 2. The van der Waals surface area contributed by atoms with Gasteiger partial charge in [0.15, 0.2) is 12.4 Å². The number of esters is 1. The summed E-state index contributed by atoms with van der Waals surface area (Å²) in [6.45, 7) is -0.510. The van der Waals surface area contributed by atoms with Gasteiger partial charge in [0, 0.05) is 14.1 Å². The number of nitrogens with one attached hydrogen (secondary N) is 1. The van der Waals surface area contributed by atoms with Crippen molar-refractivity contribution in [2.24, 2.45) is 0 Å². The second-order valence-electron chi connectivity index (χ2n) is 7.03. The van der Waals surface area contributed by atoms with E-state index in [-0.39, 0.29) is 23.0 Å². The highest BCUT2D eigenvalue weighted by atomic mass is 32.2. The summed E-state index contributed by atoms with van der Waals surface area (Å²) in [5, 5.41) is 6.30. The van der Waals surface area contributed by atoms with Gasteiger partial charge in [0.1, 0.15) is 11.6 Å². The quantitative estimate of drug-likeness (QED) is 0.444. The highest BCUT2D eigenvalue weighted by Gasteiger charge is 2.23. The molecule has 1 aromatic heterocycles. The van der Waals surface area contributed by atoms with Crippen LogP contribution in [0.3, 0.4) is 0 Å². The van der Waals surface area contributed by atoms with Gasteiger partial charge in [-0.05, 0) is 30.3 Å². The molecule has 34 heavy (non-hydrogen) atoms. The van der Waals surface area contributed by atoms with Crippen LogP contribution in [0.15, 0.2) is 51.9 Å². The van der Waals surface area contributed by atoms with Gasteiger partial charge in [0.25, 0.3) is 5.89 Å². The van der Waals surface area contributed by atoms with Crippen LogP contribution in [0.25, 0.3) is 0 Å². The first-order chi connectivity index (χ1) is 16.1. The van der Waals surface area contributed by atoms with Gasteiger partial charge >= 0.3 is 5.97 Å². The van der Waals surface area contributed by atoms with E-state index >= 15 is 0 Å². The Morgan fingerprint density at radius 2 is 1.91 bits per heavy atom. The maximum Gasteiger partial charge on any atom is 0.341 e. The van der Waals surface area contributed by atoms with Crippen molar-refractivity contribution in [2.75, 3.05) is 26.5 Å². The van der Waals surface area contributed by atoms with Crippen LogP contribution in [-0.4, -0.2) is 55.9 Å². The molecule has 0 aliphatic carbocycles. The molecule has 13 heteroatoms. The van der Waals surface area contributed by atoms with Gasteiger partial charge in [-0.3, -0.25) is 4.79 Å². The monoisotopic (exact) mass is 492 g/mol. The number of sulfonamides is 1. The third kappa shape index (κ3) is 5.74. The standard InChI is InChI=1S/C21H21FN4O7S/c1-26(2)34(29,30)13-8-9-15(22)14(10-13)21(28)32-12-20-24-18(25-33-20)11-19(27)23-16-6-4-5-7-17(16)31-3/h4-10H,11-12H2,1-3H3,(H,23,27). The first-order valence-corrected chi connectivity index (χ1v) is 11.2. The first-order valence-electron chi connectivity index (χ1n) is 9.75. The Morgan fingerprint density at radius 1 is 1.18 bits per heavy atom. The molecule has 1 N–H and O–H groups in total. The lowest BCUT2D eigenvalue weighted by Gasteiger charge is -2.12. The van der Waals surface area contributed by atoms with E-state index < -0.39 is 39.9 Å². The molecule has 0 radical (unpaired) electrons. The Kier molecular flexibility index (Phi) is 7.58. The lowest BCUT2D eigenvalue weighted by Crippen LogP contribution is -2.22. The van der Waals surface area contributed by atoms with E-state index in [2.05, 4.69) is 15.5 Å². The van der Waals surface area contributed by atoms with Crippen molar-refractivity contribution in [1.82, 2.24) is 14.4 Å². The fourth-order valence-electron chi connectivity index (χ4n) is 2.74. The molecule has 0 bridgehead atoms. The average Bonchev–Trinajstić information content (AvgIpc) is 3.24. The van der Waals surface area contributed by atoms with Crippen LogP contribution in [0.1, 0.15) is 22.1 Å². The van der Waals surface area contributed by atoms with Crippen LogP contribution in [0.4, 0.5) is 10.1 Å². The second-order valence-corrected chi connectivity index (χ2v) is 9.19. The first kappa shape index (κ1) is 24.8. The molecule has 3 rings (SSSR count). The van der Waals surface area contributed by atoms with Crippen LogP contribution >= 0.6 is 0 Å². The molecule has 0 saturated carbocycles. The molecule has 3 aromatic rings. The number of methoxy groups -OCH3 is 1. The van der Waals surface area contributed by atoms with E-state index in [0.29, 0.717) is 11.4 Å². The van der Waals surface area contributed by atoms with Crippen LogP contribution in [0, 0.1) is 5.82 Å². The molecule has 180 valence electrons. The summed E-state index contributed by atoms with van der Waals surface area (Å²) >= 11 is 0. The Morgan fingerprint density at radius 3 is 2.62 bits per heavy atom. The molecule has 0 unspecified atom stereocenters. The fraction of sp³-hybridized carbons (Fsp3) is 0.238. The summed E-state index contributed by atoms with van der Waals surface area (Å²) in [6.07, 6.45) is -0.228. The maximum atomic E-state index is 14.1. The number of benzene rings is 2. The summed E-state index contributed by atoms with van der Waals surface area (Å²) in [4.78, 5) is 28.2. The molecular weight excluding hydrogens is 471 g/mol. The van der Waals surface area contributed by atoms with E-state index in [1.54, 1.807) is 24.3 Å². The molecule has 2 aromatic carbocycles. The number of anilines is 1. The van der Waals surface area contributed by atoms with Gasteiger partial charge in [0.05, 0.1) is 29.7 Å². The lowest BCUT2D eigenvalue weighted by atomic mass is 10.2. The number of aromatic nitrogens is 2. The second kappa shape index (κ2) is 10.4. The summed E-state index contributed by atoms with van der Waals surface area (Å²) in [7, 11) is 0.205. The van der Waals surface area contributed by atoms with Crippen molar-refractivity contribution in [1.29, 1.82) is 0 Å². The van der Waals surface area contributed by atoms with Gasteiger partial charge in [-0.25, -0.2) is 21.9 Å². The highest BCUT2D eigenvalue weighted by molar-refractivity contribution is 7.89. The zero-order valence-corrected chi connectivity index (χ0v) is 19.3. The third-order valence-corrected chi connectivity index (χ3v) is 6.28. The molecule has 1 amide bonds. The summed E-state index contributed by atoms with van der Waals surface area (Å²) in [5.41, 5.74) is -0.105. The zero-order chi connectivity index (χ0) is 24.9. The minimum atomic E-state index is -3.88. The van der Waals surface area contributed by atoms with E-state index in [1.807, 2.05) is 0 Å². The Bertz CT molecular complexity index is 1310. The normalized spacial score (nSPS) is 11.3. The Balaban J connectivity index is 1.62. The van der Waals surface area contributed by atoms with Crippen LogP contribution in [0.2, 0.25) is 0 Å². The highest BCUT2D eigenvalue weighted by Crippen LogP contribution is 2.23. The number of nitrogens with zero attached hydrogens (tertiary/aromatic N) is 3. The number of hydrogen-bond acceptors (Lipinski definition) is 9. The van der Waals surface area contributed by atoms with Crippen molar-refractivity contribution in [3.8, 4) is 5.75 Å². The van der Waals surface area contributed by atoms with Crippen LogP contribution < -0.4 is 10.1 Å². The molecule has 1 heterocycles. The topological polar surface area (TPSA) is 141 Å².